The van der Waals surface area contributed by atoms with Gasteiger partial charge in [-0.1, -0.05) is 11.6 Å². The van der Waals surface area contributed by atoms with Crippen molar-refractivity contribution < 1.29 is 18.9 Å². The van der Waals surface area contributed by atoms with Gasteiger partial charge in [-0.05, 0) is 26.8 Å². The highest BCUT2D eigenvalue weighted by Gasteiger charge is 2.36. The Balaban J connectivity index is 2.41. The summed E-state index contributed by atoms with van der Waals surface area (Å²) in [4.78, 5) is 0. The maximum absolute atomic E-state index is 6.31. The van der Waals surface area contributed by atoms with Gasteiger partial charge in [-0.3, -0.25) is 0 Å². The number of hydrogen-bond acceptors (Lipinski definition) is 4. The standard InChI is InChI=1S/C14H19ClO4/c1-4-16-12-8-10(14(3)18-6-7-19-14)11(15)9-13(12)17-5-2/h8-9H,4-7H2,1-3H3. The van der Waals surface area contributed by atoms with E-state index < -0.39 is 5.79 Å². The minimum atomic E-state index is -0.812. The van der Waals surface area contributed by atoms with E-state index in [0.717, 1.165) is 5.56 Å². The normalized spacial score (nSPS) is 17.5. The molecule has 1 aromatic carbocycles. The SMILES string of the molecule is CCOc1cc(Cl)c(C2(C)OCCO2)cc1OCC. The molecule has 1 aliphatic rings. The zero-order valence-electron chi connectivity index (χ0n) is 11.5. The number of rotatable bonds is 5. The van der Waals surface area contributed by atoms with Crippen molar-refractivity contribution >= 4 is 11.6 Å². The molecule has 4 nitrogen and oxygen atoms in total. The van der Waals surface area contributed by atoms with Gasteiger partial charge in [-0.25, -0.2) is 0 Å². The topological polar surface area (TPSA) is 36.9 Å². The summed E-state index contributed by atoms with van der Waals surface area (Å²) in [6.07, 6.45) is 0. The van der Waals surface area contributed by atoms with Gasteiger partial charge >= 0.3 is 0 Å². The van der Waals surface area contributed by atoms with Crippen molar-refractivity contribution in [1.29, 1.82) is 0 Å². The highest BCUT2D eigenvalue weighted by Crippen LogP contribution is 2.41. The Labute approximate surface area is 118 Å². The van der Waals surface area contributed by atoms with Crippen LogP contribution in [0, 0.1) is 0 Å². The van der Waals surface area contributed by atoms with E-state index in [2.05, 4.69) is 0 Å². The maximum Gasteiger partial charge on any atom is 0.193 e. The fourth-order valence-corrected chi connectivity index (χ4v) is 2.42. The van der Waals surface area contributed by atoms with E-state index in [4.69, 9.17) is 30.5 Å². The second kappa shape index (κ2) is 5.99. The van der Waals surface area contributed by atoms with E-state index in [9.17, 15) is 0 Å². The van der Waals surface area contributed by atoms with E-state index in [1.165, 1.54) is 0 Å². The lowest BCUT2D eigenvalue weighted by molar-refractivity contribution is -0.149. The highest BCUT2D eigenvalue weighted by atomic mass is 35.5. The molecule has 19 heavy (non-hydrogen) atoms. The predicted octanol–water partition coefficient (Wildman–Crippen LogP) is 3.36. The Kier molecular flexibility index (Phi) is 4.55. The van der Waals surface area contributed by atoms with Gasteiger partial charge in [0.1, 0.15) is 0 Å². The third-order valence-corrected chi connectivity index (χ3v) is 3.27. The quantitative estimate of drug-likeness (QED) is 0.832. The van der Waals surface area contributed by atoms with Crippen molar-refractivity contribution in [2.75, 3.05) is 26.4 Å². The summed E-state index contributed by atoms with van der Waals surface area (Å²) in [5, 5.41) is 0.552. The molecule has 1 fully saturated rings. The van der Waals surface area contributed by atoms with Gasteiger partial charge in [0.05, 0.1) is 31.5 Å². The Morgan fingerprint density at radius 2 is 1.63 bits per heavy atom. The van der Waals surface area contributed by atoms with Crippen molar-refractivity contribution in [2.24, 2.45) is 0 Å². The molecule has 106 valence electrons. The van der Waals surface area contributed by atoms with Gasteiger partial charge in [0.25, 0.3) is 0 Å². The Morgan fingerprint density at radius 1 is 1.11 bits per heavy atom. The predicted molar refractivity (Wildman–Crippen MR) is 73.0 cm³/mol. The third-order valence-electron chi connectivity index (χ3n) is 2.96. The molecule has 0 saturated carbocycles. The molecule has 0 spiro atoms. The summed E-state index contributed by atoms with van der Waals surface area (Å²) in [6, 6.07) is 3.59. The molecule has 1 heterocycles. The minimum Gasteiger partial charge on any atom is -0.490 e. The van der Waals surface area contributed by atoms with Crippen LogP contribution in [0.2, 0.25) is 5.02 Å². The van der Waals surface area contributed by atoms with Crippen molar-refractivity contribution in [2.45, 2.75) is 26.6 Å². The van der Waals surface area contributed by atoms with Crippen molar-refractivity contribution in [3.8, 4) is 11.5 Å². The van der Waals surface area contributed by atoms with E-state index in [1.807, 2.05) is 26.8 Å². The molecule has 2 rings (SSSR count). The van der Waals surface area contributed by atoms with Crippen LogP contribution in [0.3, 0.4) is 0 Å². The zero-order chi connectivity index (χ0) is 13.9. The first kappa shape index (κ1) is 14.4. The molecule has 0 bridgehead atoms. The Morgan fingerprint density at radius 3 is 2.16 bits per heavy atom. The Bertz CT molecular complexity index is 441. The molecule has 0 atom stereocenters. The second-order valence-corrected chi connectivity index (χ2v) is 4.69. The number of hydrogen-bond donors (Lipinski definition) is 0. The van der Waals surface area contributed by atoms with Crippen molar-refractivity contribution in [3.05, 3.63) is 22.7 Å². The lowest BCUT2D eigenvalue weighted by Crippen LogP contribution is -2.23. The number of ether oxygens (including phenoxy) is 4. The lowest BCUT2D eigenvalue weighted by Gasteiger charge is -2.25. The zero-order valence-corrected chi connectivity index (χ0v) is 12.3. The first-order valence-corrected chi connectivity index (χ1v) is 6.86. The molecular weight excluding hydrogens is 268 g/mol. The first-order chi connectivity index (χ1) is 9.10. The average Bonchev–Trinajstić information content (AvgIpc) is 2.81. The average molecular weight is 287 g/mol. The van der Waals surface area contributed by atoms with Crippen LogP contribution in [-0.2, 0) is 15.3 Å². The summed E-state index contributed by atoms with van der Waals surface area (Å²) < 4.78 is 22.4. The molecule has 0 N–H and O–H groups in total. The van der Waals surface area contributed by atoms with E-state index >= 15 is 0 Å². The van der Waals surface area contributed by atoms with Gasteiger partial charge in [0.15, 0.2) is 17.3 Å². The summed E-state index contributed by atoms with van der Waals surface area (Å²) in [5.41, 5.74) is 0.763. The number of benzene rings is 1. The van der Waals surface area contributed by atoms with E-state index in [0.29, 0.717) is 42.9 Å². The van der Waals surface area contributed by atoms with Gasteiger partial charge in [-0.2, -0.15) is 0 Å². The van der Waals surface area contributed by atoms with Crippen LogP contribution >= 0.6 is 11.6 Å². The molecule has 1 aromatic rings. The maximum atomic E-state index is 6.31. The van der Waals surface area contributed by atoms with Crippen LogP contribution in [0.5, 0.6) is 11.5 Å². The van der Waals surface area contributed by atoms with Crippen LogP contribution in [0.25, 0.3) is 0 Å². The lowest BCUT2D eigenvalue weighted by atomic mass is 10.1. The first-order valence-electron chi connectivity index (χ1n) is 6.48. The molecule has 0 aliphatic carbocycles. The summed E-state index contributed by atoms with van der Waals surface area (Å²) in [7, 11) is 0. The van der Waals surface area contributed by atoms with Crippen LogP contribution in [0.1, 0.15) is 26.3 Å². The van der Waals surface area contributed by atoms with Gasteiger partial charge < -0.3 is 18.9 Å². The fraction of sp³-hybridized carbons (Fsp3) is 0.571. The molecule has 1 aliphatic heterocycles. The minimum absolute atomic E-state index is 0.552. The Hall–Kier alpha value is -0.970. The molecule has 0 radical (unpaired) electrons. The van der Waals surface area contributed by atoms with E-state index in [1.54, 1.807) is 6.07 Å². The summed E-state index contributed by atoms with van der Waals surface area (Å²) >= 11 is 6.31. The van der Waals surface area contributed by atoms with E-state index in [-0.39, 0.29) is 0 Å². The molecular formula is C14H19ClO4. The summed E-state index contributed by atoms with van der Waals surface area (Å²) in [6.45, 7) is 7.93. The van der Waals surface area contributed by atoms with Gasteiger partial charge in [0.2, 0.25) is 0 Å². The summed E-state index contributed by atoms with van der Waals surface area (Å²) in [5.74, 6) is 0.483. The second-order valence-electron chi connectivity index (χ2n) is 4.29. The largest absolute Gasteiger partial charge is 0.490 e. The fourth-order valence-electron chi connectivity index (χ4n) is 2.09. The monoisotopic (exact) mass is 286 g/mol. The molecule has 0 aromatic heterocycles. The van der Waals surface area contributed by atoms with Crippen molar-refractivity contribution in [1.82, 2.24) is 0 Å². The van der Waals surface area contributed by atoms with Gasteiger partial charge in [0, 0.05) is 11.6 Å². The number of halogens is 1. The van der Waals surface area contributed by atoms with Crippen LogP contribution in [0.15, 0.2) is 12.1 Å². The third kappa shape index (κ3) is 2.96. The molecule has 0 unspecified atom stereocenters. The van der Waals surface area contributed by atoms with Crippen LogP contribution < -0.4 is 9.47 Å². The van der Waals surface area contributed by atoms with Gasteiger partial charge in [-0.15, -0.1) is 0 Å². The smallest absolute Gasteiger partial charge is 0.193 e. The molecule has 0 amide bonds. The van der Waals surface area contributed by atoms with Crippen LogP contribution in [-0.4, -0.2) is 26.4 Å². The molecule has 1 saturated heterocycles. The molecule has 5 heteroatoms. The van der Waals surface area contributed by atoms with Crippen molar-refractivity contribution in [3.63, 3.8) is 0 Å². The highest BCUT2D eigenvalue weighted by molar-refractivity contribution is 6.31. The van der Waals surface area contributed by atoms with Crippen LogP contribution in [0.4, 0.5) is 0 Å².